The number of benzene rings is 2. The van der Waals surface area contributed by atoms with Crippen LogP contribution >= 0.6 is 21.7 Å². The van der Waals surface area contributed by atoms with Gasteiger partial charge in [-0.2, -0.15) is 0 Å². The van der Waals surface area contributed by atoms with Crippen LogP contribution in [0.2, 0.25) is 0 Å². The molecule has 0 aliphatic rings. The summed E-state index contributed by atoms with van der Waals surface area (Å²) in [6.45, 7) is 2.75. The number of hydrogen-bond acceptors (Lipinski definition) is 1. The van der Waals surface area contributed by atoms with E-state index >= 15 is 0 Å². The van der Waals surface area contributed by atoms with E-state index in [1.807, 2.05) is 19.1 Å². The zero-order chi connectivity index (χ0) is 12.1. The summed E-state index contributed by atoms with van der Waals surface area (Å²) in [7, 11) is 0. The van der Waals surface area contributed by atoms with Gasteiger partial charge in [0.1, 0.15) is 0 Å². The molecule has 0 aliphatic heterocycles. The van der Waals surface area contributed by atoms with E-state index in [0.29, 0.717) is 6.61 Å². The summed E-state index contributed by atoms with van der Waals surface area (Å²) in [5, 5.41) is 2.49. The third-order valence-corrected chi connectivity index (χ3v) is 8.91. The standard InChI is InChI=1S/C14H16BrOP/c1-2-16-17(15,13-9-5-3-6-10-13)14-11-7-4-8-12-14/h3-12,17H,2H2,1H3. The van der Waals surface area contributed by atoms with Gasteiger partial charge in [0.15, 0.2) is 0 Å². The van der Waals surface area contributed by atoms with Gasteiger partial charge in [-0.1, -0.05) is 0 Å². The predicted molar refractivity (Wildman–Crippen MR) is 81.0 cm³/mol. The second-order valence-corrected chi connectivity index (χ2v) is 9.74. The molecule has 0 fully saturated rings. The van der Waals surface area contributed by atoms with E-state index in [0.717, 1.165) is 0 Å². The van der Waals surface area contributed by atoms with Crippen LogP contribution in [0.4, 0.5) is 0 Å². The molecule has 17 heavy (non-hydrogen) atoms. The predicted octanol–water partition coefficient (Wildman–Crippen LogP) is 3.65. The van der Waals surface area contributed by atoms with Crippen LogP contribution in [-0.4, -0.2) is 6.61 Å². The Morgan fingerprint density at radius 3 is 1.65 bits per heavy atom. The van der Waals surface area contributed by atoms with Gasteiger partial charge in [-0.3, -0.25) is 0 Å². The molecule has 0 saturated heterocycles. The summed E-state index contributed by atoms with van der Waals surface area (Å²) >= 11 is 3.88. The van der Waals surface area contributed by atoms with E-state index in [4.69, 9.17) is 4.52 Å². The molecule has 0 bridgehead atoms. The molecule has 0 aliphatic carbocycles. The topological polar surface area (TPSA) is 9.23 Å². The van der Waals surface area contributed by atoms with E-state index in [2.05, 4.69) is 64.0 Å². The SMILES string of the molecule is CCO[PH](Br)(c1ccccc1)c1ccccc1. The molecule has 0 heterocycles. The van der Waals surface area contributed by atoms with Gasteiger partial charge in [-0.15, -0.1) is 0 Å². The minimum absolute atomic E-state index is 0.710. The maximum atomic E-state index is 6.06. The van der Waals surface area contributed by atoms with Crippen molar-refractivity contribution in [2.24, 2.45) is 0 Å². The monoisotopic (exact) mass is 310 g/mol. The molecule has 0 amide bonds. The van der Waals surface area contributed by atoms with E-state index in [1.165, 1.54) is 10.6 Å². The molecule has 0 N–H and O–H groups in total. The van der Waals surface area contributed by atoms with E-state index < -0.39 is 6.19 Å². The van der Waals surface area contributed by atoms with Crippen LogP contribution in [0.25, 0.3) is 0 Å². The second-order valence-electron chi connectivity index (χ2n) is 3.76. The van der Waals surface area contributed by atoms with Crippen LogP contribution in [-0.2, 0) is 4.52 Å². The van der Waals surface area contributed by atoms with Crippen molar-refractivity contribution < 1.29 is 4.52 Å². The van der Waals surface area contributed by atoms with Gasteiger partial charge in [0, 0.05) is 0 Å². The quantitative estimate of drug-likeness (QED) is 0.783. The van der Waals surface area contributed by atoms with E-state index in [-0.39, 0.29) is 0 Å². The summed E-state index contributed by atoms with van der Waals surface area (Å²) in [5.41, 5.74) is 0. The van der Waals surface area contributed by atoms with Gasteiger partial charge >= 0.3 is 111 Å². The van der Waals surface area contributed by atoms with Crippen molar-refractivity contribution in [3.8, 4) is 0 Å². The first-order valence-electron chi connectivity index (χ1n) is 5.71. The summed E-state index contributed by atoms with van der Waals surface area (Å²) < 4.78 is 6.06. The van der Waals surface area contributed by atoms with Gasteiger partial charge < -0.3 is 0 Å². The first-order valence-corrected chi connectivity index (χ1v) is 9.88. The first kappa shape index (κ1) is 12.8. The fourth-order valence-electron chi connectivity index (χ4n) is 1.84. The van der Waals surface area contributed by atoms with Crippen molar-refractivity contribution >= 4 is 32.3 Å². The molecule has 1 nitrogen and oxygen atoms in total. The zero-order valence-corrected chi connectivity index (χ0v) is 12.4. The Morgan fingerprint density at radius 1 is 0.882 bits per heavy atom. The Bertz CT molecular complexity index is 419. The van der Waals surface area contributed by atoms with Gasteiger partial charge in [0.05, 0.1) is 0 Å². The van der Waals surface area contributed by atoms with E-state index in [1.54, 1.807) is 0 Å². The molecule has 3 heteroatoms. The zero-order valence-electron chi connectivity index (χ0n) is 9.77. The average Bonchev–Trinajstić information content (AvgIpc) is 2.41. The fourth-order valence-corrected chi connectivity index (χ4v) is 6.42. The molecule has 0 radical (unpaired) electrons. The van der Waals surface area contributed by atoms with Crippen molar-refractivity contribution in [2.75, 3.05) is 6.61 Å². The van der Waals surface area contributed by atoms with Gasteiger partial charge in [-0.05, 0) is 0 Å². The van der Waals surface area contributed by atoms with Crippen LogP contribution in [0.3, 0.4) is 0 Å². The van der Waals surface area contributed by atoms with Crippen molar-refractivity contribution in [3.05, 3.63) is 60.7 Å². The molecule has 2 aromatic rings. The summed E-state index contributed by atoms with van der Waals surface area (Å²) in [5.74, 6) is 0. The van der Waals surface area contributed by atoms with Crippen molar-refractivity contribution in [1.82, 2.24) is 0 Å². The first-order chi connectivity index (χ1) is 8.27. The molecule has 2 aromatic carbocycles. The van der Waals surface area contributed by atoms with E-state index in [9.17, 15) is 0 Å². The number of halogens is 1. The molecule has 0 atom stereocenters. The molecular formula is C14H16BrOP. The normalized spacial score (nSPS) is 12.4. The molecule has 0 unspecified atom stereocenters. The molecule has 2 rings (SSSR count). The van der Waals surface area contributed by atoms with Crippen molar-refractivity contribution in [3.63, 3.8) is 0 Å². The number of hydrogen-bond donors (Lipinski definition) is 0. The van der Waals surface area contributed by atoms with Crippen LogP contribution in [0.5, 0.6) is 0 Å². The third kappa shape index (κ3) is 2.77. The molecule has 90 valence electrons. The Morgan fingerprint density at radius 2 is 1.29 bits per heavy atom. The Hall–Kier alpha value is -0.690. The van der Waals surface area contributed by atoms with Gasteiger partial charge in [0.25, 0.3) is 0 Å². The number of rotatable bonds is 4. The second kappa shape index (κ2) is 5.77. The van der Waals surface area contributed by atoms with Gasteiger partial charge in [0.2, 0.25) is 0 Å². The third-order valence-electron chi connectivity index (χ3n) is 2.63. The molecule has 0 saturated carbocycles. The van der Waals surface area contributed by atoms with Crippen molar-refractivity contribution in [2.45, 2.75) is 6.92 Å². The summed E-state index contributed by atoms with van der Waals surface area (Å²) in [6.07, 6.45) is -2.19. The molecular weight excluding hydrogens is 295 g/mol. The van der Waals surface area contributed by atoms with Gasteiger partial charge in [-0.25, -0.2) is 0 Å². The Kier molecular flexibility index (Phi) is 4.33. The average molecular weight is 311 g/mol. The minimum atomic E-state index is -2.19. The van der Waals surface area contributed by atoms with Crippen LogP contribution in [0, 0.1) is 0 Å². The molecule has 0 spiro atoms. The van der Waals surface area contributed by atoms with Crippen LogP contribution in [0.15, 0.2) is 60.7 Å². The van der Waals surface area contributed by atoms with Crippen molar-refractivity contribution in [1.29, 1.82) is 0 Å². The van der Waals surface area contributed by atoms with Crippen LogP contribution < -0.4 is 10.6 Å². The Labute approximate surface area is 111 Å². The fraction of sp³-hybridized carbons (Fsp3) is 0.143. The summed E-state index contributed by atoms with van der Waals surface area (Å²) in [4.78, 5) is 0. The summed E-state index contributed by atoms with van der Waals surface area (Å²) in [6, 6.07) is 20.8. The molecule has 0 aromatic heterocycles. The van der Waals surface area contributed by atoms with Crippen LogP contribution in [0.1, 0.15) is 6.92 Å². The maximum absolute atomic E-state index is 6.06. The Balaban J connectivity index is 2.47.